The van der Waals surface area contributed by atoms with Crippen LogP contribution >= 0.6 is 0 Å². The summed E-state index contributed by atoms with van der Waals surface area (Å²) in [6.45, 7) is 4.48. The Balaban J connectivity index is 1.71. The Hall–Kier alpha value is -2.38. The summed E-state index contributed by atoms with van der Waals surface area (Å²) >= 11 is 0. The van der Waals surface area contributed by atoms with E-state index in [0.29, 0.717) is 18.1 Å². The molecule has 3 aromatic rings. The Morgan fingerprint density at radius 1 is 0.708 bits per heavy atom. The van der Waals surface area contributed by atoms with Crippen molar-refractivity contribution in [2.24, 2.45) is 0 Å². The fourth-order valence-corrected chi connectivity index (χ4v) is 3.79. The lowest BCUT2D eigenvalue weighted by atomic mass is 9.98. The topological polar surface area (TPSA) is 3.01 Å². The van der Waals surface area contributed by atoms with Gasteiger partial charge in [0.1, 0.15) is 0 Å². The molecule has 3 atom stereocenters. The highest BCUT2D eigenvalue weighted by Gasteiger charge is 2.49. The van der Waals surface area contributed by atoms with Crippen LogP contribution in [0.2, 0.25) is 0 Å². The third kappa shape index (κ3) is 2.76. The van der Waals surface area contributed by atoms with E-state index < -0.39 is 0 Å². The fourth-order valence-electron chi connectivity index (χ4n) is 3.79. The summed E-state index contributed by atoms with van der Waals surface area (Å²) in [5.74, 6) is 0. The zero-order valence-electron chi connectivity index (χ0n) is 14.3. The van der Waals surface area contributed by atoms with Crippen LogP contribution in [0.25, 0.3) is 0 Å². The normalized spacial score (nSPS) is 22.5. The van der Waals surface area contributed by atoms with E-state index >= 15 is 0 Å². The average Bonchev–Trinajstić information content (AvgIpc) is 3.28. The lowest BCUT2D eigenvalue weighted by Gasteiger charge is -2.21. The van der Waals surface area contributed by atoms with E-state index in [1.54, 1.807) is 0 Å². The highest BCUT2D eigenvalue weighted by atomic mass is 15.4. The van der Waals surface area contributed by atoms with E-state index in [-0.39, 0.29) is 0 Å². The van der Waals surface area contributed by atoms with Gasteiger partial charge in [0.05, 0.1) is 12.1 Å². The zero-order valence-corrected chi connectivity index (χ0v) is 14.3. The molecule has 1 heteroatoms. The predicted molar refractivity (Wildman–Crippen MR) is 99.9 cm³/mol. The van der Waals surface area contributed by atoms with Crippen molar-refractivity contribution in [2.75, 3.05) is 0 Å². The summed E-state index contributed by atoms with van der Waals surface area (Å²) in [4.78, 5) is 2.62. The standard InChI is InChI=1S/C23H23N/c1-17-13-15-21(16-14-17)22-18(2)24(22)23(19-9-5-3-6-10-19)20-11-7-4-8-12-20/h3-16,18,22-23H,1-2H3/t18-,22-,24?/m0/s1. The van der Waals surface area contributed by atoms with E-state index in [4.69, 9.17) is 0 Å². The van der Waals surface area contributed by atoms with E-state index in [9.17, 15) is 0 Å². The molecule has 0 aliphatic carbocycles. The molecule has 0 saturated carbocycles. The second-order valence-electron chi connectivity index (χ2n) is 6.77. The summed E-state index contributed by atoms with van der Waals surface area (Å²) in [5.41, 5.74) is 5.47. The van der Waals surface area contributed by atoms with E-state index in [1.807, 2.05) is 0 Å². The molecule has 0 spiro atoms. The number of hydrogen-bond acceptors (Lipinski definition) is 1. The van der Waals surface area contributed by atoms with Crippen LogP contribution in [0.15, 0.2) is 84.9 Å². The van der Waals surface area contributed by atoms with Crippen LogP contribution in [0.5, 0.6) is 0 Å². The third-order valence-electron chi connectivity index (χ3n) is 5.11. The lowest BCUT2D eigenvalue weighted by Crippen LogP contribution is -2.13. The van der Waals surface area contributed by atoms with Crippen molar-refractivity contribution >= 4 is 0 Å². The lowest BCUT2D eigenvalue weighted by molar-refractivity contribution is 0.414. The molecule has 0 aromatic heterocycles. The number of nitrogens with zero attached hydrogens (tertiary/aromatic N) is 1. The molecule has 0 bridgehead atoms. The van der Waals surface area contributed by atoms with Crippen molar-refractivity contribution in [3.05, 3.63) is 107 Å². The van der Waals surface area contributed by atoms with Crippen molar-refractivity contribution < 1.29 is 0 Å². The zero-order chi connectivity index (χ0) is 16.5. The van der Waals surface area contributed by atoms with Crippen LogP contribution in [0, 0.1) is 6.92 Å². The first-order valence-corrected chi connectivity index (χ1v) is 8.69. The van der Waals surface area contributed by atoms with Crippen LogP contribution in [-0.4, -0.2) is 10.9 Å². The molecule has 1 nitrogen and oxygen atoms in total. The molecule has 3 aromatic carbocycles. The van der Waals surface area contributed by atoms with Gasteiger partial charge in [0.25, 0.3) is 0 Å². The fraction of sp³-hybridized carbons (Fsp3) is 0.217. The summed E-state index contributed by atoms with van der Waals surface area (Å²) < 4.78 is 0. The first-order chi connectivity index (χ1) is 11.8. The molecule has 1 aliphatic heterocycles. The van der Waals surface area contributed by atoms with Crippen LogP contribution < -0.4 is 0 Å². The molecule has 0 N–H and O–H groups in total. The molecule has 1 saturated heterocycles. The highest BCUT2D eigenvalue weighted by Crippen LogP contribution is 2.51. The van der Waals surface area contributed by atoms with Crippen molar-refractivity contribution in [1.29, 1.82) is 0 Å². The molecule has 1 fully saturated rings. The van der Waals surface area contributed by atoms with Gasteiger partial charge in [-0.2, -0.15) is 0 Å². The summed E-state index contributed by atoms with van der Waals surface area (Å²) in [7, 11) is 0. The number of rotatable bonds is 4. The maximum absolute atomic E-state index is 2.62. The van der Waals surface area contributed by atoms with Gasteiger partial charge in [-0.15, -0.1) is 0 Å². The van der Waals surface area contributed by atoms with Gasteiger partial charge in [-0.1, -0.05) is 90.5 Å². The monoisotopic (exact) mass is 313 g/mol. The minimum atomic E-state index is 0.314. The van der Waals surface area contributed by atoms with E-state index in [1.165, 1.54) is 22.3 Å². The van der Waals surface area contributed by atoms with E-state index in [0.717, 1.165) is 0 Å². The van der Waals surface area contributed by atoms with Gasteiger partial charge in [0.15, 0.2) is 0 Å². The smallest absolute Gasteiger partial charge is 0.0611 e. The molecule has 0 amide bonds. The van der Waals surface area contributed by atoms with Crippen LogP contribution in [0.3, 0.4) is 0 Å². The number of benzene rings is 3. The molecule has 1 heterocycles. The Morgan fingerprint density at radius 3 is 1.71 bits per heavy atom. The molecule has 1 unspecified atom stereocenters. The summed E-state index contributed by atoms with van der Waals surface area (Å²) in [5, 5.41) is 0. The minimum Gasteiger partial charge on any atom is -0.279 e. The maximum Gasteiger partial charge on any atom is 0.0611 e. The third-order valence-corrected chi connectivity index (χ3v) is 5.11. The van der Waals surface area contributed by atoms with Crippen molar-refractivity contribution in [2.45, 2.75) is 32.0 Å². The van der Waals surface area contributed by atoms with Gasteiger partial charge < -0.3 is 0 Å². The summed E-state index contributed by atoms with van der Waals surface area (Å²) in [6.07, 6.45) is 0. The molecule has 0 radical (unpaired) electrons. The van der Waals surface area contributed by atoms with Gasteiger partial charge in [-0.25, -0.2) is 0 Å². The molecule has 4 rings (SSSR count). The summed E-state index contributed by atoms with van der Waals surface area (Å²) in [6, 6.07) is 32.1. The highest BCUT2D eigenvalue weighted by molar-refractivity contribution is 5.37. The van der Waals surface area contributed by atoms with Gasteiger partial charge in [0, 0.05) is 6.04 Å². The van der Waals surface area contributed by atoms with E-state index in [2.05, 4.69) is 104 Å². The Bertz CT molecular complexity index is 753. The predicted octanol–water partition coefficient (Wildman–Crippen LogP) is 5.53. The largest absolute Gasteiger partial charge is 0.279 e. The van der Waals surface area contributed by atoms with Crippen LogP contribution in [-0.2, 0) is 0 Å². The first kappa shape index (κ1) is 15.2. The first-order valence-electron chi connectivity index (χ1n) is 8.69. The Morgan fingerprint density at radius 2 is 1.21 bits per heavy atom. The Labute approximate surface area is 144 Å². The van der Waals surface area contributed by atoms with Crippen LogP contribution in [0.4, 0.5) is 0 Å². The second-order valence-corrected chi connectivity index (χ2v) is 6.77. The van der Waals surface area contributed by atoms with Crippen molar-refractivity contribution in [3.8, 4) is 0 Å². The number of hydrogen-bond donors (Lipinski definition) is 0. The minimum absolute atomic E-state index is 0.314. The molecule has 1 aliphatic rings. The Kier molecular flexibility index (Phi) is 3.95. The average molecular weight is 313 g/mol. The quantitative estimate of drug-likeness (QED) is 0.572. The van der Waals surface area contributed by atoms with Crippen molar-refractivity contribution in [3.63, 3.8) is 0 Å². The van der Waals surface area contributed by atoms with Crippen LogP contribution in [0.1, 0.15) is 41.3 Å². The maximum atomic E-state index is 2.62. The van der Waals surface area contributed by atoms with Crippen molar-refractivity contribution in [1.82, 2.24) is 4.90 Å². The van der Waals surface area contributed by atoms with Gasteiger partial charge in [-0.05, 0) is 30.5 Å². The molecular formula is C23H23N. The number of aryl methyl sites for hydroxylation is 1. The van der Waals surface area contributed by atoms with Gasteiger partial charge >= 0.3 is 0 Å². The molecule has 120 valence electrons. The molecule has 24 heavy (non-hydrogen) atoms. The SMILES string of the molecule is Cc1ccc([C@@H]2[C@H](C)N2C(c2ccccc2)c2ccccc2)cc1. The second kappa shape index (κ2) is 6.26. The van der Waals surface area contributed by atoms with Gasteiger partial charge in [-0.3, -0.25) is 4.90 Å². The molecular weight excluding hydrogens is 290 g/mol. The van der Waals surface area contributed by atoms with Gasteiger partial charge in [0.2, 0.25) is 0 Å².